The fraction of sp³-hybridized carbons (Fsp3) is 0.700. The van der Waals surface area contributed by atoms with Crippen molar-refractivity contribution in [3.63, 3.8) is 0 Å². The fourth-order valence-corrected chi connectivity index (χ4v) is 2.20. The molecule has 0 aliphatic carbocycles. The van der Waals surface area contributed by atoms with Gasteiger partial charge in [0.2, 0.25) is 0 Å². The first kappa shape index (κ1) is 13.2. The van der Waals surface area contributed by atoms with Gasteiger partial charge in [-0.15, -0.1) is 0 Å². The molecule has 0 aliphatic heterocycles. The van der Waals surface area contributed by atoms with Crippen molar-refractivity contribution in [3.8, 4) is 0 Å². The first-order chi connectivity index (χ1) is 7.55. The highest BCUT2D eigenvalue weighted by Gasteiger charge is 2.06. The van der Waals surface area contributed by atoms with Gasteiger partial charge in [0.05, 0.1) is 12.3 Å². The van der Waals surface area contributed by atoms with Crippen molar-refractivity contribution in [2.75, 3.05) is 18.1 Å². The number of imidazole rings is 1. The summed E-state index contributed by atoms with van der Waals surface area (Å²) in [6, 6.07) is 0. The Hall–Kier alpha value is -0.880. The minimum Gasteiger partial charge on any atom is -0.337 e. The van der Waals surface area contributed by atoms with Crippen LogP contribution in [0.5, 0.6) is 0 Å². The highest BCUT2D eigenvalue weighted by Crippen LogP contribution is 1.95. The molecular weight excluding hydrogens is 226 g/mol. The van der Waals surface area contributed by atoms with Gasteiger partial charge in [-0.3, -0.25) is 0 Å². The van der Waals surface area contributed by atoms with Gasteiger partial charge in [-0.1, -0.05) is 6.92 Å². The van der Waals surface area contributed by atoms with E-state index in [2.05, 4.69) is 10.3 Å². The van der Waals surface area contributed by atoms with Crippen LogP contribution < -0.4 is 5.32 Å². The Morgan fingerprint density at radius 1 is 1.50 bits per heavy atom. The van der Waals surface area contributed by atoms with Crippen LogP contribution in [0.3, 0.4) is 0 Å². The molecule has 0 unspecified atom stereocenters. The fourth-order valence-electron chi connectivity index (χ4n) is 1.33. The van der Waals surface area contributed by atoms with E-state index in [1.54, 1.807) is 13.1 Å². The highest BCUT2D eigenvalue weighted by molar-refractivity contribution is 7.91. The molecule has 0 saturated carbocycles. The molecular formula is C10H19N3O2S. The highest BCUT2D eigenvalue weighted by atomic mass is 32.2. The Balaban J connectivity index is 2.16. The molecule has 0 fully saturated rings. The van der Waals surface area contributed by atoms with E-state index in [-0.39, 0.29) is 11.5 Å². The standard InChI is InChI=1S/C10H19N3O2S/c1-3-16(14,15)8-4-5-11-9-10-12-6-7-13(10)2/h6-7,11H,3-5,8-9H2,1-2H3. The molecule has 92 valence electrons. The van der Waals surface area contributed by atoms with Gasteiger partial charge in [-0.25, -0.2) is 13.4 Å². The maximum atomic E-state index is 11.2. The molecule has 0 amide bonds. The molecule has 0 radical (unpaired) electrons. The lowest BCUT2D eigenvalue weighted by Crippen LogP contribution is -2.20. The van der Waals surface area contributed by atoms with E-state index in [9.17, 15) is 8.42 Å². The molecule has 1 rings (SSSR count). The van der Waals surface area contributed by atoms with E-state index < -0.39 is 9.84 Å². The zero-order chi connectivity index (χ0) is 12.0. The number of nitrogens with one attached hydrogen (secondary N) is 1. The minimum absolute atomic E-state index is 0.229. The molecule has 0 bridgehead atoms. The van der Waals surface area contributed by atoms with Crippen LogP contribution in [0.1, 0.15) is 19.2 Å². The van der Waals surface area contributed by atoms with Gasteiger partial charge in [-0.05, 0) is 13.0 Å². The summed E-state index contributed by atoms with van der Waals surface area (Å²) >= 11 is 0. The van der Waals surface area contributed by atoms with Gasteiger partial charge in [-0.2, -0.15) is 0 Å². The molecule has 0 atom stereocenters. The third kappa shape index (κ3) is 4.32. The lowest BCUT2D eigenvalue weighted by atomic mass is 10.4. The Morgan fingerprint density at radius 2 is 2.25 bits per heavy atom. The van der Waals surface area contributed by atoms with Crippen LogP contribution in [0.2, 0.25) is 0 Å². The number of sulfone groups is 1. The summed E-state index contributed by atoms with van der Waals surface area (Å²) in [5.41, 5.74) is 0. The van der Waals surface area contributed by atoms with E-state index in [1.165, 1.54) is 0 Å². The number of rotatable bonds is 7. The van der Waals surface area contributed by atoms with Gasteiger partial charge in [0, 0.05) is 25.2 Å². The van der Waals surface area contributed by atoms with Crippen LogP contribution in [0, 0.1) is 0 Å². The minimum atomic E-state index is -2.82. The predicted octanol–water partition coefficient (Wildman–Crippen LogP) is 0.334. The summed E-state index contributed by atoms with van der Waals surface area (Å²) in [5, 5.41) is 3.18. The predicted molar refractivity (Wildman–Crippen MR) is 63.9 cm³/mol. The molecule has 1 N–H and O–H groups in total. The van der Waals surface area contributed by atoms with E-state index in [4.69, 9.17) is 0 Å². The molecule has 1 aromatic rings. The number of hydrogen-bond donors (Lipinski definition) is 1. The quantitative estimate of drug-likeness (QED) is 0.703. The van der Waals surface area contributed by atoms with Gasteiger partial charge >= 0.3 is 0 Å². The second-order valence-electron chi connectivity index (χ2n) is 3.72. The van der Waals surface area contributed by atoms with Crippen molar-refractivity contribution in [2.24, 2.45) is 7.05 Å². The monoisotopic (exact) mass is 245 g/mol. The third-order valence-electron chi connectivity index (χ3n) is 2.45. The second kappa shape index (κ2) is 6.00. The second-order valence-corrected chi connectivity index (χ2v) is 6.19. The van der Waals surface area contributed by atoms with Crippen molar-refractivity contribution in [1.29, 1.82) is 0 Å². The lowest BCUT2D eigenvalue weighted by molar-refractivity contribution is 0.586. The molecule has 0 aromatic carbocycles. The molecule has 0 aliphatic rings. The Kier molecular flexibility index (Phi) is 4.95. The number of aryl methyl sites for hydroxylation is 1. The molecule has 1 aromatic heterocycles. The summed E-state index contributed by atoms with van der Waals surface area (Å²) in [6.45, 7) is 3.05. The molecule has 6 heteroatoms. The van der Waals surface area contributed by atoms with E-state index in [0.717, 1.165) is 5.82 Å². The SMILES string of the molecule is CCS(=O)(=O)CCCNCc1nccn1C. The zero-order valence-corrected chi connectivity index (χ0v) is 10.6. The van der Waals surface area contributed by atoms with Gasteiger partial charge in [0.15, 0.2) is 0 Å². The zero-order valence-electron chi connectivity index (χ0n) is 9.81. The first-order valence-corrected chi connectivity index (χ1v) is 7.24. The van der Waals surface area contributed by atoms with Crippen molar-refractivity contribution < 1.29 is 8.42 Å². The Morgan fingerprint density at radius 3 is 2.81 bits per heavy atom. The summed E-state index contributed by atoms with van der Waals surface area (Å²) < 4.78 is 24.3. The molecule has 1 heterocycles. The summed E-state index contributed by atoms with van der Waals surface area (Å²) in [7, 11) is -0.887. The average Bonchev–Trinajstić information content (AvgIpc) is 2.64. The van der Waals surface area contributed by atoms with Crippen LogP contribution in [-0.2, 0) is 23.4 Å². The number of aromatic nitrogens is 2. The van der Waals surface area contributed by atoms with Crippen molar-refractivity contribution in [1.82, 2.24) is 14.9 Å². The third-order valence-corrected chi connectivity index (χ3v) is 4.24. The number of hydrogen-bond acceptors (Lipinski definition) is 4. The smallest absolute Gasteiger partial charge is 0.150 e. The van der Waals surface area contributed by atoms with Crippen LogP contribution in [0.25, 0.3) is 0 Å². The van der Waals surface area contributed by atoms with E-state index in [1.807, 2.05) is 17.8 Å². The van der Waals surface area contributed by atoms with Crippen LogP contribution in [0.4, 0.5) is 0 Å². The molecule has 5 nitrogen and oxygen atoms in total. The van der Waals surface area contributed by atoms with Gasteiger partial charge < -0.3 is 9.88 Å². The van der Waals surface area contributed by atoms with Gasteiger partial charge in [0.1, 0.15) is 15.7 Å². The molecule has 0 saturated heterocycles. The maximum Gasteiger partial charge on any atom is 0.150 e. The molecule has 0 spiro atoms. The van der Waals surface area contributed by atoms with Crippen LogP contribution in [0.15, 0.2) is 12.4 Å². The van der Waals surface area contributed by atoms with E-state index >= 15 is 0 Å². The maximum absolute atomic E-state index is 11.2. The van der Waals surface area contributed by atoms with Crippen LogP contribution >= 0.6 is 0 Å². The normalized spacial score (nSPS) is 11.9. The summed E-state index contributed by atoms with van der Waals surface area (Å²) in [6.07, 6.45) is 4.29. The van der Waals surface area contributed by atoms with E-state index in [0.29, 0.717) is 19.5 Å². The Labute approximate surface area is 96.8 Å². The van der Waals surface area contributed by atoms with Crippen LogP contribution in [-0.4, -0.2) is 36.0 Å². The van der Waals surface area contributed by atoms with Crippen molar-refractivity contribution in [3.05, 3.63) is 18.2 Å². The number of nitrogens with zero attached hydrogens (tertiary/aromatic N) is 2. The average molecular weight is 245 g/mol. The lowest BCUT2D eigenvalue weighted by Gasteiger charge is -2.05. The summed E-state index contributed by atoms with van der Waals surface area (Å²) in [5.74, 6) is 1.45. The first-order valence-electron chi connectivity index (χ1n) is 5.42. The van der Waals surface area contributed by atoms with Gasteiger partial charge in [0.25, 0.3) is 0 Å². The topological polar surface area (TPSA) is 64.0 Å². The molecule has 16 heavy (non-hydrogen) atoms. The van der Waals surface area contributed by atoms with Crippen molar-refractivity contribution >= 4 is 9.84 Å². The Bertz CT molecular complexity index is 411. The largest absolute Gasteiger partial charge is 0.337 e. The summed E-state index contributed by atoms with van der Waals surface area (Å²) in [4.78, 5) is 4.16. The van der Waals surface area contributed by atoms with Crippen molar-refractivity contribution in [2.45, 2.75) is 19.9 Å².